The van der Waals surface area contributed by atoms with Crippen molar-refractivity contribution in [3.8, 4) is 0 Å². The van der Waals surface area contributed by atoms with Crippen molar-refractivity contribution < 1.29 is 23.5 Å². The minimum atomic E-state index is -2.32. The smallest absolute Gasteiger partial charge is 0.304 e. The summed E-state index contributed by atoms with van der Waals surface area (Å²) in [5.41, 5.74) is 1.57. The molecule has 1 heterocycles. The molecular weight excluding hydrogens is 386 g/mol. The summed E-state index contributed by atoms with van der Waals surface area (Å²) in [6.45, 7) is 16.0. The van der Waals surface area contributed by atoms with Crippen molar-refractivity contribution >= 4 is 26.1 Å². The molecule has 7 heteroatoms. The number of benzene rings is 1. The van der Waals surface area contributed by atoms with Crippen molar-refractivity contribution in [1.82, 2.24) is 4.90 Å². The van der Waals surface area contributed by atoms with Crippen LogP contribution in [0.5, 0.6) is 0 Å². The number of carbonyl (C=O) groups is 3. The molecule has 29 heavy (non-hydrogen) atoms. The van der Waals surface area contributed by atoms with Gasteiger partial charge in [-0.15, -0.1) is 0 Å². The van der Waals surface area contributed by atoms with Crippen LogP contribution in [0.15, 0.2) is 24.3 Å². The quantitative estimate of drug-likeness (QED) is 0.345. The molecule has 0 radical (unpaired) electrons. The number of imide groups is 1. The second-order valence-electron chi connectivity index (χ2n) is 8.67. The van der Waals surface area contributed by atoms with Gasteiger partial charge in [0, 0.05) is 6.92 Å². The standard InChI is InChI=1S/C22H33NO5Si/c1-13(2)29(14(3)4,15(5)6)28-16(7)22(27-17(8)24)23-20(25)18-11-9-10-12-19(18)21(23)26/h9-16,22H,1-8H3/t16-,22?/m1/s1. The van der Waals surface area contributed by atoms with Gasteiger partial charge >= 0.3 is 5.97 Å². The van der Waals surface area contributed by atoms with E-state index in [1.165, 1.54) is 6.92 Å². The summed E-state index contributed by atoms with van der Waals surface area (Å²) < 4.78 is 12.2. The first-order valence-corrected chi connectivity index (χ1v) is 12.4. The van der Waals surface area contributed by atoms with Crippen LogP contribution in [0.4, 0.5) is 0 Å². The van der Waals surface area contributed by atoms with Gasteiger partial charge in [0.2, 0.25) is 14.5 Å². The molecule has 1 aromatic rings. The zero-order valence-electron chi connectivity index (χ0n) is 18.7. The minimum Gasteiger partial charge on any atom is -0.438 e. The van der Waals surface area contributed by atoms with E-state index in [4.69, 9.17) is 9.16 Å². The zero-order valence-corrected chi connectivity index (χ0v) is 19.7. The van der Waals surface area contributed by atoms with Crippen LogP contribution in [0.25, 0.3) is 0 Å². The fraction of sp³-hybridized carbons (Fsp3) is 0.591. The summed E-state index contributed by atoms with van der Waals surface area (Å²) in [4.78, 5) is 38.8. The summed E-state index contributed by atoms with van der Waals surface area (Å²) in [6.07, 6.45) is -1.75. The Morgan fingerprint density at radius 2 is 1.28 bits per heavy atom. The molecule has 0 saturated carbocycles. The number of rotatable bonds is 8. The number of hydrogen-bond donors (Lipinski definition) is 0. The molecule has 0 aromatic heterocycles. The van der Waals surface area contributed by atoms with Gasteiger partial charge in [-0.05, 0) is 35.7 Å². The molecule has 2 atom stereocenters. The van der Waals surface area contributed by atoms with E-state index >= 15 is 0 Å². The Morgan fingerprint density at radius 3 is 1.62 bits per heavy atom. The molecule has 2 amide bonds. The highest BCUT2D eigenvalue weighted by atomic mass is 28.4. The Kier molecular flexibility index (Phi) is 7.06. The van der Waals surface area contributed by atoms with E-state index in [-0.39, 0.29) is 0 Å². The van der Waals surface area contributed by atoms with Gasteiger partial charge in [-0.3, -0.25) is 14.4 Å². The first kappa shape index (κ1) is 23.3. The average Bonchev–Trinajstić information content (AvgIpc) is 2.87. The van der Waals surface area contributed by atoms with Gasteiger partial charge in [0.05, 0.1) is 17.2 Å². The lowest BCUT2D eigenvalue weighted by Crippen LogP contribution is -2.56. The van der Waals surface area contributed by atoms with Crippen LogP contribution < -0.4 is 0 Å². The number of ether oxygens (including phenoxy) is 1. The minimum absolute atomic E-state index is 0.310. The molecule has 0 saturated heterocycles. The highest BCUT2D eigenvalue weighted by Crippen LogP contribution is 2.43. The SMILES string of the molecule is CC(=O)OC([C@@H](C)O[Si](C(C)C)(C(C)C)C(C)C)N1C(=O)c2ccccc2C1=O. The molecule has 0 N–H and O–H groups in total. The van der Waals surface area contributed by atoms with E-state index in [2.05, 4.69) is 41.5 Å². The van der Waals surface area contributed by atoms with E-state index in [0.717, 1.165) is 4.90 Å². The fourth-order valence-electron chi connectivity index (χ4n) is 4.76. The van der Waals surface area contributed by atoms with Crippen molar-refractivity contribution in [2.24, 2.45) is 0 Å². The largest absolute Gasteiger partial charge is 0.438 e. The number of fused-ring (bicyclic) bond motifs is 1. The van der Waals surface area contributed by atoms with E-state index in [0.29, 0.717) is 27.8 Å². The van der Waals surface area contributed by atoms with Crippen LogP contribution in [0.1, 0.15) is 76.1 Å². The number of hydrogen-bond acceptors (Lipinski definition) is 5. The third-order valence-electron chi connectivity index (χ3n) is 5.87. The number of amides is 2. The molecule has 1 aliphatic rings. The Bertz CT molecular complexity index is 732. The van der Waals surface area contributed by atoms with Crippen molar-refractivity contribution in [3.05, 3.63) is 35.4 Å². The topological polar surface area (TPSA) is 72.9 Å². The second-order valence-corrected chi connectivity index (χ2v) is 14.1. The number of nitrogens with zero attached hydrogens (tertiary/aromatic N) is 1. The summed E-state index contributed by atoms with van der Waals surface area (Å²) >= 11 is 0. The molecular formula is C22H33NO5Si. The highest BCUT2D eigenvalue weighted by molar-refractivity contribution is 6.77. The predicted molar refractivity (Wildman–Crippen MR) is 114 cm³/mol. The van der Waals surface area contributed by atoms with Crippen LogP contribution in [0.2, 0.25) is 16.6 Å². The van der Waals surface area contributed by atoms with E-state index < -0.39 is 38.4 Å². The Balaban J connectivity index is 2.44. The van der Waals surface area contributed by atoms with Gasteiger partial charge in [-0.2, -0.15) is 0 Å². The van der Waals surface area contributed by atoms with Gasteiger partial charge in [-0.1, -0.05) is 53.7 Å². The Hall–Kier alpha value is -1.99. The lowest BCUT2D eigenvalue weighted by atomic mass is 10.1. The van der Waals surface area contributed by atoms with Gasteiger partial charge in [0.1, 0.15) is 0 Å². The molecule has 160 valence electrons. The van der Waals surface area contributed by atoms with Crippen LogP contribution in [0, 0.1) is 0 Å². The third kappa shape index (κ3) is 4.16. The molecule has 0 bridgehead atoms. The summed E-state index contributed by atoms with van der Waals surface area (Å²) in [7, 11) is -2.32. The normalized spacial score (nSPS) is 16.6. The van der Waals surface area contributed by atoms with Crippen LogP contribution in [-0.4, -0.2) is 43.3 Å². The van der Waals surface area contributed by atoms with Crippen LogP contribution in [-0.2, 0) is 14.0 Å². The molecule has 1 aromatic carbocycles. The van der Waals surface area contributed by atoms with E-state index in [1.807, 2.05) is 0 Å². The summed E-state index contributed by atoms with van der Waals surface area (Å²) in [5, 5.41) is 0. The maximum Gasteiger partial charge on any atom is 0.304 e. The van der Waals surface area contributed by atoms with Crippen molar-refractivity contribution in [2.45, 2.75) is 84.3 Å². The van der Waals surface area contributed by atoms with Crippen molar-refractivity contribution in [2.75, 3.05) is 0 Å². The van der Waals surface area contributed by atoms with Gasteiger partial charge in [0.15, 0.2) is 0 Å². The first-order valence-electron chi connectivity index (χ1n) is 10.3. The van der Waals surface area contributed by atoms with Gasteiger partial charge < -0.3 is 9.16 Å². The van der Waals surface area contributed by atoms with Crippen molar-refractivity contribution in [3.63, 3.8) is 0 Å². The zero-order chi connectivity index (χ0) is 22.1. The molecule has 0 aliphatic carbocycles. The maximum absolute atomic E-state index is 13.0. The highest BCUT2D eigenvalue weighted by Gasteiger charge is 2.50. The molecule has 2 rings (SSSR count). The Labute approximate surface area is 174 Å². The monoisotopic (exact) mass is 419 g/mol. The van der Waals surface area contributed by atoms with E-state index in [9.17, 15) is 14.4 Å². The molecule has 1 unspecified atom stereocenters. The summed E-state index contributed by atoms with van der Waals surface area (Å²) in [5.74, 6) is -1.48. The fourth-order valence-corrected chi connectivity index (χ4v) is 10.3. The molecule has 6 nitrogen and oxygen atoms in total. The van der Waals surface area contributed by atoms with Crippen molar-refractivity contribution in [1.29, 1.82) is 0 Å². The van der Waals surface area contributed by atoms with Crippen LogP contribution >= 0.6 is 0 Å². The molecule has 1 aliphatic heterocycles. The van der Waals surface area contributed by atoms with Crippen LogP contribution in [0.3, 0.4) is 0 Å². The lowest BCUT2D eigenvalue weighted by molar-refractivity contribution is -0.159. The number of esters is 1. The second kappa shape index (κ2) is 8.79. The Morgan fingerprint density at radius 1 is 0.862 bits per heavy atom. The third-order valence-corrected chi connectivity index (χ3v) is 12.1. The van der Waals surface area contributed by atoms with Gasteiger partial charge in [0.25, 0.3) is 11.8 Å². The molecule has 0 spiro atoms. The van der Waals surface area contributed by atoms with E-state index in [1.54, 1.807) is 31.2 Å². The van der Waals surface area contributed by atoms with Gasteiger partial charge in [-0.25, -0.2) is 4.90 Å². The first-order chi connectivity index (χ1) is 13.4. The average molecular weight is 420 g/mol. The lowest BCUT2D eigenvalue weighted by Gasteiger charge is -2.45. The summed E-state index contributed by atoms with van der Waals surface area (Å²) in [6, 6.07) is 6.65. The molecule has 0 fully saturated rings. The maximum atomic E-state index is 13.0. The predicted octanol–water partition coefficient (Wildman–Crippen LogP) is 4.75. The number of carbonyl (C=O) groups excluding carboxylic acids is 3.